The molecule has 0 saturated heterocycles. The van der Waals surface area contributed by atoms with E-state index in [1.807, 2.05) is 36.4 Å². The molecule has 2 aromatic carbocycles. The van der Waals surface area contributed by atoms with Gasteiger partial charge in [-0.15, -0.1) is 12.4 Å². The molecule has 0 heterocycles. The van der Waals surface area contributed by atoms with E-state index >= 15 is 0 Å². The van der Waals surface area contributed by atoms with Crippen LogP contribution in [0.3, 0.4) is 0 Å². The second-order valence-corrected chi connectivity index (χ2v) is 6.20. The molecule has 3 nitrogen and oxygen atoms in total. The van der Waals surface area contributed by atoms with E-state index in [1.165, 1.54) is 5.56 Å². The van der Waals surface area contributed by atoms with Crippen molar-refractivity contribution in [2.75, 3.05) is 13.7 Å². The lowest BCUT2D eigenvalue weighted by molar-refractivity contribution is 0.0999. The van der Waals surface area contributed by atoms with Crippen LogP contribution in [-0.2, 0) is 17.8 Å². The Labute approximate surface area is 155 Å². The lowest BCUT2D eigenvalue weighted by Crippen LogP contribution is -2.32. The summed E-state index contributed by atoms with van der Waals surface area (Å²) >= 11 is 6.05. The van der Waals surface area contributed by atoms with Crippen LogP contribution in [0.1, 0.15) is 29.7 Å². The van der Waals surface area contributed by atoms with E-state index in [1.54, 1.807) is 7.11 Å². The Bertz CT molecular complexity index is 605. The second kappa shape index (κ2) is 10.7. The van der Waals surface area contributed by atoms with E-state index in [2.05, 4.69) is 24.4 Å². The molecule has 0 amide bonds. The van der Waals surface area contributed by atoms with E-state index in [-0.39, 0.29) is 25.1 Å². The minimum Gasteiger partial charge on any atom is -0.392 e. The minimum absolute atomic E-state index is 0. The van der Waals surface area contributed by atoms with Gasteiger partial charge in [0, 0.05) is 24.7 Å². The fraction of sp³-hybridized carbons (Fsp3) is 0.368. The molecule has 0 spiro atoms. The maximum absolute atomic E-state index is 9.07. The van der Waals surface area contributed by atoms with Gasteiger partial charge in [0.1, 0.15) is 0 Å². The molecule has 0 aromatic heterocycles. The van der Waals surface area contributed by atoms with Crippen LogP contribution in [0, 0.1) is 0 Å². The average molecular weight is 370 g/mol. The van der Waals surface area contributed by atoms with Crippen molar-refractivity contribution in [2.24, 2.45) is 0 Å². The Hall–Kier alpha value is -1.10. The molecule has 0 saturated carbocycles. The van der Waals surface area contributed by atoms with Crippen molar-refractivity contribution < 1.29 is 9.84 Å². The molecule has 2 atom stereocenters. The van der Waals surface area contributed by atoms with Gasteiger partial charge in [-0.25, -0.2) is 0 Å². The summed E-state index contributed by atoms with van der Waals surface area (Å²) < 4.78 is 5.57. The van der Waals surface area contributed by atoms with Gasteiger partial charge >= 0.3 is 0 Å². The van der Waals surface area contributed by atoms with Gasteiger partial charge in [-0.1, -0.05) is 48.0 Å². The summed E-state index contributed by atoms with van der Waals surface area (Å²) in [6, 6.07) is 16.2. The van der Waals surface area contributed by atoms with Crippen molar-refractivity contribution in [1.29, 1.82) is 0 Å². The third-order valence-corrected chi connectivity index (χ3v) is 4.14. The van der Waals surface area contributed by atoms with Crippen LogP contribution in [-0.4, -0.2) is 24.8 Å². The minimum atomic E-state index is -0.0204. The van der Waals surface area contributed by atoms with Crippen LogP contribution in [0.15, 0.2) is 48.5 Å². The SMILES string of the molecule is COC(CNC(C)Cc1ccc(CO)cc1)c1cccc(Cl)c1.Cl. The highest BCUT2D eigenvalue weighted by Crippen LogP contribution is 2.20. The van der Waals surface area contributed by atoms with E-state index < -0.39 is 0 Å². The molecular weight excluding hydrogens is 345 g/mol. The largest absolute Gasteiger partial charge is 0.392 e. The third kappa shape index (κ3) is 6.42. The molecular formula is C19H25Cl2NO2. The van der Waals surface area contributed by atoms with Gasteiger partial charge in [0.2, 0.25) is 0 Å². The number of aliphatic hydroxyl groups is 1. The highest BCUT2D eigenvalue weighted by Gasteiger charge is 2.12. The first-order chi connectivity index (χ1) is 11.1. The molecule has 24 heavy (non-hydrogen) atoms. The highest BCUT2D eigenvalue weighted by atomic mass is 35.5. The summed E-state index contributed by atoms with van der Waals surface area (Å²) in [4.78, 5) is 0. The summed E-state index contributed by atoms with van der Waals surface area (Å²) in [5.74, 6) is 0. The van der Waals surface area contributed by atoms with E-state index in [0.717, 1.165) is 29.1 Å². The van der Waals surface area contributed by atoms with Gasteiger partial charge in [0.25, 0.3) is 0 Å². The van der Waals surface area contributed by atoms with Crippen LogP contribution >= 0.6 is 24.0 Å². The van der Waals surface area contributed by atoms with E-state index in [9.17, 15) is 0 Å². The van der Waals surface area contributed by atoms with Crippen molar-refractivity contribution in [1.82, 2.24) is 5.32 Å². The van der Waals surface area contributed by atoms with E-state index in [0.29, 0.717) is 6.04 Å². The number of benzene rings is 2. The second-order valence-electron chi connectivity index (χ2n) is 5.77. The zero-order valence-corrected chi connectivity index (χ0v) is 15.6. The normalized spacial score (nSPS) is 13.2. The maximum Gasteiger partial charge on any atom is 0.0946 e. The Morgan fingerprint density at radius 3 is 2.38 bits per heavy atom. The number of ether oxygens (including phenoxy) is 1. The van der Waals surface area contributed by atoms with Gasteiger partial charge in [0.15, 0.2) is 0 Å². The number of methoxy groups -OCH3 is 1. The van der Waals surface area contributed by atoms with Crippen molar-refractivity contribution in [3.63, 3.8) is 0 Å². The van der Waals surface area contributed by atoms with Gasteiger partial charge in [-0.3, -0.25) is 0 Å². The first-order valence-electron chi connectivity index (χ1n) is 7.82. The van der Waals surface area contributed by atoms with Crippen molar-refractivity contribution in [2.45, 2.75) is 32.1 Å². The third-order valence-electron chi connectivity index (χ3n) is 3.90. The summed E-state index contributed by atoms with van der Waals surface area (Å²) in [5.41, 5.74) is 3.26. The Morgan fingerprint density at radius 1 is 1.12 bits per heavy atom. The molecule has 0 fully saturated rings. The fourth-order valence-corrected chi connectivity index (χ4v) is 2.76. The number of aliphatic hydroxyl groups excluding tert-OH is 1. The van der Waals surface area contributed by atoms with Crippen LogP contribution in [0.5, 0.6) is 0 Å². The zero-order chi connectivity index (χ0) is 16.7. The maximum atomic E-state index is 9.07. The molecule has 0 aliphatic carbocycles. The number of hydrogen-bond donors (Lipinski definition) is 2. The molecule has 2 unspecified atom stereocenters. The predicted molar refractivity (Wildman–Crippen MR) is 102 cm³/mol. The predicted octanol–water partition coefficient (Wildman–Crippen LogP) is 4.16. The van der Waals surface area contributed by atoms with Crippen molar-refractivity contribution >= 4 is 24.0 Å². The summed E-state index contributed by atoms with van der Waals surface area (Å²) in [5, 5.41) is 13.3. The molecule has 132 valence electrons. The standard InChI is InChI=1S/C19H24ClNO2.ClH/c1-14(10-15-6-8-16(13-22)9-7-15)21-12-19(23-2)17-4-3-5-18(20)11-17;/h3-9,11,14,19,21-22H,10,12-13H2,1-2H3;1H. The van der Waals surface area contributed by atoms with Gasteiger partial charge < -0.3 is 15.2 Å². The molecule has 0 aliphatic heterocycles. The van der Waals surface area contributed by atoms with Crippen LogP contribution in [0.2, 0.25) is 5.02 Å². The lowest BCUT2D eigenvalue weighted by atomic mass is 10.0. The molecule has 0 bridgehead atoms. The van der Waals surface area contributed by atoms with Gasteiger partial charge in [0.05, 0.1) is 12.7 Å². The number of rotatable bonds is 8. The Morgan fingerprint density at radius 2 is 1.79 bits per heavy atom. The van der Waals surface area contributed by atoms with Crippen LogP contribution in [0.4, 0.5) is 0 Å². The fourth-order valence-electron chi connectivity index (χ4n) is 2.56. The molecule has 0 radical (unpaired) electrons. The zero-order valence-electron chi connectivity index (χ0n) is 14.0. The smallest absolute Gasteiger partial charge is 0.0946 e. The summed E-state index contributed by atoms with van der Waals surface area (Å²) in [6.07, 6.45) is 0.908. The van der Waals surface area contributed by atoms with Crippen molar-refractivity contribution in [3.05, 3.63) is 70.2 Å². The topological polar surface area (TPSA) is 41.5 Å². The van der Waals surface area contributed by atoms with Crippen LogP contribution in [0.25, 0.3) is 0 Å². The number of halogens is 2. The molecule has 2 aromatic rings. The van der Waals surface area contributed by atoms with Crippen LogP contribution < -0.4 is 5.32 Å². The quantitative estimate of drug-likeness (QED) is 0.733. The number of nitrogens with one attached hydrogen (secondary N) is 1. The first kappa shape index (κ1) is 20.9. The monoisotopic (exact) mass is 369 g/mol. The summed E-state index contributed by atoms with van der Waals surface area (Å²) in [6.45, 7) is 2.97. The molecule has 0 aliphatic rings. The lowest BCUT2D eigenvalue weighted by Gasteiger charge is -2.20. The average Bonchev–Trinajstić information content (AvgIpc) is 2.56. The Balaban J connectivity index is 0.00000288. The number of hydrogen-bond acceptors (Lipinski definition) is 3. The van der Waals surface area contributed by atoms with Gasteiger partial charge in [-0.2, -0.15) is 0 Å². The Kier molecular flexibility index (Phi) is 9.34. The molecule has 5 heteroatoms. The van der Waals surface area contributed by atoms with Gasteiger partial charge in [-0.05, 0) is 42.2 Å². The first-order valence-corrected chi connectivity index (χ1v) is 8.20. The highest BCUT2D eigenvalue weighted by molar-refractivity contribution is 6.30. The molecule has 2 rings (SSSR count). The molecule has 2 N–H and O–H groups in total. The summed E-state index contributed by atoms with van der Waals surface area (Å²) in [7, 11) is 1.71. The van der Waals surface area contributed by atoms with E-state index in [4.69, 9.17) is 21.4 Å². The van der Waals surface area contributed by atoms with Crippen molar-refractivity contribution in [3.8, 4) is 0 Å².